The van der Waals surface area contributed by atoms with Gasteiger partial charge < -0.3 is 9.64 Å². The van der Waals surface area contributed by atoms with E-state index in [2.05, 4.69) is 4.18 Å². The summed E-state index contributed by atoms with van der Waals surface area (Å²) >= 11 is 0. The molecule has 0 N–H and O–H groups in total. The highest BCUT2D eigenvalue weighted by atomic mass is 32.2. The van der Waals surface area contributed by atoms with Crippen molar-refractivity contribution in [2.24, 2.45) is 0 Å². The van der Waals surface area contributed by atoms with E-state index in [9.17, 15) is 34.8 Å². The predicted octanol–water partition coefficient (Wildman–Crippen LogP) is 2.65. The van der Waals surface area contributed by atoms with Gasteiger partial charge in [-0.05, 0) is 18.2 Å². The molecule has 0 saturated carbocycles. The van der Waals surface area contributed by atoms with Crippen LogP contribution in [0.4, 0.5) is 32.0 Å². The van der Waals surface area contributed by atoms with Gasteiger partial charge in [0.1, 0.15) is 6.10 Å². The van der Waals surface area contributed by atoms with E-state index >= 15 is 0 Å². The SMILES string of the molecule is CS(=O)(=O)OC[C@@H]1CN(c2ccc(C#N)c(C(F)(F)F)c2)[C@@H](C(F)(F)F)O1. The second-order valence-electron chi connectivity index (χ2n) is 5.63. The van der Waals surface area contributed by atoms with Crippen LogP contribution in [0.1, 0.15) is 11.1 Å². The highest BCUT2D eigenvalue weighted by molar-refractivity contribution is 7.85. The van der Waals surface area contributed by atoms with Crippen LogP contribution in [0.25, 0.3) is 0 Å². The minimum atomic E-state index is -4.97. The summed E-state index contributed by atoms with van der Waals surface area (Å²) in [5.74, 6) is 0. The van der Waals surface area contributed by atoms with Gasteiger partial charge in [-0.25, -0.2) is 0 Å². The highest BCUT2D eigenvalue weighted by Crippen LogP contribution is 2.39. The zero-order valence-electron chi connectivity index (χ0n) is 13.5. The maximum atomic E-state index is 13.2. The fourth-order valence-corrected chi connectivity index (χ4v) is 2.84. The summed E-state index contributed by atoms with van der Waals surface area (Å²) in [7, 11) is -3.95. The van der Waals surface area contributed by atoms with Crippen LogP contribution in [-0.4, -0.2) is 46.3 Å². The molecule has 1 aliphatic heterocycles. The first-order valence-corrected chi connectivity index (χ1v) is 8.98. The number of halogens is 6. The van der Waals surface area contributed by atoms with Gasteiger partial charge in [0.15, 0.2) is 0 Å². The Morgan fingerprint density at radius 3 is 2.41 bits per heavy atom. The van der Waals surface area contributed by atoms with Gasteiger partial charge in [-0.15, -0.1) is 0 Å². The van der Waals surface area contributed by atoms with Crippen LogP contribution in [0.15, 0.2) is 18.2 Å². The molecule has 13 heteroatoms. The molecule has 1 saturated heterocycles. The third kappa shape index (κ3) is 5.24. The Balaban J connectivity index is 2.38. The zero-order chi connectivity index (χ0) is 20.6. The number of nitriles is 1. The first-order chi connectivity index (χ1) is 12.2. The van der Waals surface area contributed by atoms with Crippen molar-refractivity contribution in [3.8, 4) is 6.07 Å². The summed E-state index contributed by atoms with van der Waals surface area (Å²) in [6.45, 7) is -1.30. The van der Waals surface area contributed by atoms with E-state index in [0.29, 0.717) is 17.2 Å². The van der Waals surface area contributed by atoms with E-state index < -0.39 is 64.8 Å². The summed E-state index contributed by atoms with van der Waals surface area (Å²) < 4.78 is 110. The standard InChI is InChI=1S/C14H12F6N2O4S/c1-27(23,24)25-7-10-6-22(12(26-10)14(18,19)20)9-3-2-8(5-21)11(4-9)13(15,16)17/h2-4,10,12H,6-7H2,1H3/t10-,12+/m0/s1. The lowest BCUT2D eigenvalue weighted by Crippen LogP contribution is -2.42. The van der Waals surface area contributed by atoms with Crippen LogP contribution in [0, 0.1) is 11.3 Å². The number of hydrogen-bond acceptors (Lipinski definition) is 6. The fourth-order valence-electron chi connectivity index (χ4n) is 2.44. The van der Waals surface area contributed by atoms with Crippen LogP contribution in [-0.2, 0) is 25.2 Å². The first-order valence-electron chi connectivity index (χ1n) is 7.17. The van der Waals surface area contributed by atoms with Crippen molar-refractivity contribution in [3.63, 3.8) is 0 Å². The molecule has 0 radical (unpaired) electrons. The molecule has 0 bridgehead atoms. The lowest BCUT2D eigenvalue weighted by molar-refractivity contribution is -0.215. The second-order valence-corrected chi connectivity index (χ2v) is 7.28. The predicted molar refractivity (Wildman–Crippen MR) is 79.0 cm³/mol. The van der Waals surface area contributed by atoms with Gasteiger partial charge >= 0.3 is 12.4 Å². The molecule has 6 nitrogen and oxygen atoms in total. The largest absolute Gasteiger partial charge is 0.433 e. The summed E-state index contributed by atoms with van der Waals surface area (Å²) in [6.07, 6.45) is -13.2. The smallest absolute Gasteiger partial charge is 0.342 e. The zero-order valence-corrected chi connectivity index (χ0v) is 14.3. The van der Waals surface area contributed by atoms with Crippen molar-refractivity contribution >= 4 is 15.8 Å². The number of hydrogen-bond donors (Lipinski definition) is 0. The molecule has 1 heterocycles. The van der Waals surface area contributed by atoms with E-state index in [1.807, 2.05) is 0 Å². The molecule has 0 aliphatic carbocycles. The van der Waals surface area contributed by atoms with Crippen molar-refractivity contribution in [1.29, 1.82) is 5.26 Å². The number of anilines is 1. The van der Waals surface area contributed by atoms with Crippen LogP contribution >= 0.6 is 0 Å². The Labute approximate surface area is 150 Å². The Morgan fingerprint density at radius 1 is 1.30 bits per heavy atom. The van der Waals surface area contributed by atoms with Crippen molar-refractivity contribution in [2.75, 3.05) is 24.3 Å². The molecule has 0 amide bonds. The number of alkyl halides is 6. The average Bonchev–Trinajstić information content (AvgIpc) is 2.95. The second kappa shape index (κ2) is 7.17. The fraction of sp³-hybridized carbons (Fsp3) is 0.500. The topological polar surface area (TPSA) is 79.6 Å². The lowest BCUT2D eigenvalue weighted by Gasteiger charge is -2.27. The number of rotatable bonds is 4. The van der Waals surface area contributed by atoms with Gasteiger partial charge in [0, 0.05) is 12.2 Å². The summed E-state index contributed by atoms with van der Waals surface area (Å²) in [6, 6.07) is 3.43. The van der Waals surface area contributed by atoms with Gasteiger partial charge in [0.2, 0.25) is 6.23 Å². The van der Waals surface area contributed by atoms with Crippen LogP contribution < -0.4 is 4.90 Å². The van der Waals surface area contributed by atoms with E-state index in [-0.39, 0.29) is 0 Å². The molecule has 0 aromatic heterocycles. The molecular weight excluding hydrogens is 406 g/mol. The van der Waals surface area contributed by atoms with Gasteiger partial charge in [-0.3, -0.25) is 4.18 Å². The maximum absolute atomic E-state index is 13.2. The van der Waals surface area contributed by atoms with Crippen molar-refractivity contribution in [1.82, 2.24) is 0 Å². The Morgan fingerprint density at radius 2 is 1.93 bits per heavy atom. The normalized spacial score (nSPS) is 21.3. The molecule has 1 aliphatic rings. The van der Waals surface area contributed by atoms with E-state index in [1.165, 1.54) is 6.07 Å². The van der Waals surface area contributed by atoms with Crippen molar-refractivity contribution in [3.05, 3.63) is 29.3 Å². The van der Waals surface area contributed by atoms with E-state index in [1.54, 1.807) is 0 Å². The van der Waals surface area contributed by atoms with Gasteiger partial charge in [-0.1, -0.05) is 0 Å². The van der Waals surface area contributed by atoms with Gasteiger partial charge in [0.25, 0.3) is 10.1 Å². The highest BCUT2D eigenvalue weighted by Gasteiger charge is 2.51. The summed E-state index contributed by atoms with van der Waals surface area (Å²) in [5.41, 5.74) is -2.61. The van der Waals surface area contributed by atoms with E-state index in [0.717, 1.165) is 12.1 Å². The number of ether oxygens (including phenoxy) is 1. The Hall–Kier alpha value is -2.04. The van der Waals surface area contributed by atoms with Crippen LogP contribution in [0.3, 0.4) is 0 Å². The number of nitrogens with zero attached hydrogens (tertiary/aromatic N) is 2. The number of benzene rings is 1. The minimum absolute atomic E-state index is 0.417. The molecule has 0 spiro atoms. The van der Waals surface area contributed by atoms with Crippen LogP contribution in [0.5, 0.6) is 0 Å². The molecule has 1 fully saturated rings. The molecule has 2 atom stereocenters. The Kier molecular flexibility index (Phi) is 5.65. The third-order valence-electron chi connectivity index (χ3n) is 3.51. The Bertz CT molecular complexity index is 847. The van der Waals surface area contributed by atoms with Crippen LogP contribution in [0.2, 0.25) is 0 Å². The molecular formula is C14H12F6N2O4S. The molecule has 1 aromatic carbocycles. The van der Waals surface area contributed by atoms with Crippen molar-refractivity contribution < 1.29 is 43.7 Å². The third-order valence-corrected chi connectivity index (χ3v) is 4.08. The monoisotopic (exact) mass is 418 g/mol. The molecule has 27 heavy (non-hydrogen) atoms. The van der Waals surface area contributed by atoms with Gasteiger partial charge in [-0.2, -0.15) is 40.0 Å². The molecule has 0 unspecified atom stereocenters. The molecule has 150 valence electrons. The maximum Gasteiger partial charge on any atom is 0.433 e. The molecule has 1 aromatic rings. The minimum Gasteiger partial charge on any atom is -0.342 e. The van der Waals surface area contributed by atoms with Crippen molar-refractivity contribution in [2.45, 2.75) is 24.7 Å². The van der Waals surface area contributed by atoms with E-state index in [4.69, 9.17) is 10.00 Å². The first kappa shape index (κ1) is 21.3. The molecule has 2 rings (SSSR count). The quantitative estimate of drug-likeness (QED) is 0.553. The van der Waals surface area contributed by atoms with Gasteiger partial charge in [0.05, 0.1) is 30.1 Å². The average molecular weight is 418 g/mol. The lowest BCUT2D eigenvalue weighted by atomic mass is 10.1. The summed E-state index contributed by atoms with van der Waals surface area (Å²) in [5, 5.41) is 8.77. The summed E-state index contributed by atoms with van der Waals surface area (Å²) in [4.78, 5) is 0.507.